The molecule has 3 rings (SSSR count). The van der Waals surface area contributed by atoms with Crippen LogP contribution in [0.3, 0.4) is 0 Å². The monoisotopic (exact) mass is 338 g/mol. The largest absolute Gasteiger partial charge is 0.467 e. The van der Waals surface area contributed by atoms with Crippen LogP contribution in [0.25, 0.3) is 11.4 Å². The fourth-order valence-electron chi connectivity index (χ4n) is 2.24. The first-order chi connectivity index (χ1) is 12.2. The van der Waals surface area contributed by atoms with Crippen LogP contribution in [0.5, 0.6) is 0 Å². The van der Waals surface area contributed by atoms with Gasteiger partial charge in [-0.2, -0.15) is 4.98 Å². The zero-order chi connectivity index (χ0) is 17.5. The van der Waals surface area contributed by atoms with Gasteiger partial charge in [0.25, 0.3) is 0 Å². The first kappa shape index (κ1) is 16.9. The van der Waals surface area contributed by atoms with Gasteiger partial charge < -0.3 is 20.0 Å². The summed E-state index contributed by atoms with van der Waals surface area (Å²) in [5.74, 6) is 2.14. The van der Waals surface area contributed by atoms with Gasteiger partial charge in [0, 0.05) is 25.4 Å². The number of rotatable bonds is 8. The Morgan fingerprint density at radius 2 is 1.96 bits per heavy atom. The van der Waals surface area contributed by atoms with Crippen molar-refractivity contribution < 1.29 is 4.42 Å². The van der Waals surface area contributed by atoms with Gasteiger partial charge in [-0.3, -0.25) is 4.98 Å². The van der Waals surface area contributed by atoms with Gasteiger partial charge in [-0.1, -0.05) is 6.07 Å². The summed E-state index contributed by atoms with van der Waals surface area (Å²) in [7, 11) is 4.06. The quantitative estimate of drug-likeness (QED) is 0.654. The van der Waals surface area contributed by atoms with Crippen LogP contribution < -0.4 is 10.6 Å². The number of likely N-dealkylation sites (N-methyl/N-ethyl adjacent to an activating group) is 1. The maximum atomic E-state index is 5.35. The predicted octanol–water partition coefficient (Wildman–Crippen LogP) is 2.72. The van der Waals surface area contributed by atoms with E-state index in [0.29, 0.717) is 12.5 Å². The molecule has 0 saturated heterocycles. The van der Waals surface area contributed by atoms with Gasteiger partial charge in [-0.25, -0.2) is 4.98 Å². The maximum Gasteiger partial charge on any atom is 0.225 e. The Morgan fingerprint density at radius 3 is 2.68 bits per heavy atom. The highest BCUT2D eigenvalue weighted by atomic mass is 16.3. The number of nitrogens with zero attached hydrogens (tertiary/aromatic N) is 4. The molecular formula is C18H22N6O. The number of nitrogens with one attached hydrogen (secondary N) is 2. The summed E-state index contributed by atoms with van der Waals surface area (Å²) in [6.45, 7) is 2.21. The van der Waals surface area contributed by atoms with Gasteiger partial charge in [0.1, 0.15) is 11.6 Å². The molecule has 0 fully saturated rings. The van der Waals surface area contributed by atoms with Crippen LogP contribution in [0.15, 0.2) is 53.3 Å². The fourth-order valence-corrected chi connectivity index (χ4v) is 2.24. The van der Waals surface area contributed by atoms with Crippen molar-refractivity contribution >= 4 is 11.8 Å². The van der Waals surface area contributed by atoms with Gasteiger partial charge in [0.05, 0.1) is 24.2 Å². The molecule has 130 valence electrons. The third kappa shape index (κ3) is 5.02. The average Bonchev–Trinajstić information content (AvgIpc) is 3.14. The Kier molecular flexibility index (Phi) is 5.58. The predicted molar refractivity (Wildman–Crippen MR) is 98.3 cm³/mol. The Balaban J connectivity index is 1.79. The van der Waals surface area contributed by atoms with Crippen LogP contribution in [0.2, 0.25) is 0 Å². The molecule has 2 N–H and O–H groups in total. The molecular weight excluding hydrogens is 316 g/mol. The summed E-state index contributed by atoms with van der Waals surface area (Å²) in [5, 5.41) is 6.54. The van der Waals surface area contributed by atoms with E-state index in [-0.39, 0.29) is 0 Å². The summed E-state index contributed by atoms with van der Waals surface area (Å²) in [4.78, 5) is 15.6. The Hall–Kier alpha value is -2.93. The highest BCUT2D eigenvalue weighted by Crippen LogP contribution is 2.20. The lowest BCUT2D eigenvalue weighted by Gasteiger charge is -2.12. The maximum absolute atomic E-state index is 5.35. The molecule has 0 saturated carbocycles. The lowest BCUT2D eigenvalue weighted by atomic mass is 10.2. The van der Waals surface area contributed by atoms with Gasteiger partial charge in [-0.15, -0.1) is 0 Å². The van der Waals surface area contributed by atoms with E-state index in [4.69, 9.17) is 4.42 Å². The Bertz CT molecular complexity index is 774. The van der Waals surface area contributed by atoms with Crippen molar-refractivity contribution in [3.05, 3.63) is 54.6 Å². The molecule has 0 amide bonds. The van der Waals surface area contributed by atoms with Gasteiger partial charge in [0.2, 0.25) is 5.95 Å². The minimum Gasteiger partial charge on any atom is -0.467 e. The van der Waals surface area contributed by atoms with Crippen molar-refractivity contribution in [3.63, 3.8) is 0 Å². The van der Waals surface area contributed by atoms with Crippen LogP contribution in [0.1, 0.15) is 5.76 Å². The molecule has 7 heteroatoms. The highest BCUT2D eigenvalue weighted by Gasteiger charge is 2.08. The molecule has 3 aromatic heterocycles. The van der Waals surface area contributed by atoms with Crippen LogP contribution in [0, 0.1) is 0 Å². The van der Waals surface area contributed by atoms with Gasteiger partial charge in [-0.05, 0) is 38.4 Å². The zero-order valence-corrected chi connectivity index (χ0v) is 14.4. The van der Waals surface area contributed by atoms with E-state index in [1.807, 2.05) is 50.5 Å². The molecule has 0 unspecified atom stereocenters. The normalized spacial score (nSPS) is 10.8. The second-order valence-corrected chi connectivity index (χ2v) is 5.84. The number of furan rings is 1. The third-order valence-corrected chi connectivity index (χ3v) is 3.52. The lowest BCUT2D eigenvalue weighted by Crippen LogP contribution is -2.21. The first-order valence-corrected chi connectivity index (χ1v) is 8.16. The molecule has 0 aliphatic rings. The lowest BCUT2D eigenvalue weighted by molar-refractivity contribution is 0.425. The summed E-state index contributed by atoms with van der Waals surface area (Å²) in [5.41, 5.74) is 1.58. The molecule has 0 aliphatic carbocycles. The van der Waals surface area contributed by atoms with Crippen molar-refractivity contribution in [3.8, 4) is 11.4 Å². The summed E-state index contributed by atoms with van der Waals surface area (Å²) in [6.07, 6.45) is 3.41. The number of aromatic nitrogens is 3. The van der Waals surface area contributed by atoms with E-state index in [0.717, 1.165) is 36.1 Å². The molecule has 0 aliphatic heterocycles. The van der Waals surface area contributed by atoms with Crippen molar-refractivity contribution in [2.24, 2.45) is 0 Å². The molecule has 25 heavy (non-hydrogen) atoms. The third-order valence-electron chi connectivity index (χ3n) is 3.52. The van der Waals surface area contributed by atoms with Crippen LogP contribution in [0.4, 0.5) is 11.8 Å². The van der Waals surface area contributed by atoms with Crippen LogP contribution in [-0.4, -0.2) is 47.0 Å². The average molecular weight is 338 g/mol. The Labute approximate surface area is 147 Å². The van der Waals surface area contributed by atoms with Gasteiger partial charge in [0.15, 0.2) is 0 Å². The number of pyridine rings is 1. The molecule has 0 aromatic carbocycles. The first-order valence-electron chi connectivity index (χ1n) is 8.16. The van der Waals surface area contributed by atoms with E-state index in [1.54, 1.807) is 12.5 Å². The van der Waals surface area contributed by atoms with Crippen molar-refractivity contribution in [1.29, 1.82) is 0 Å². The standard InChI is InChI=1S/C18H22N6O/c1-24(2)10-9-20-18-22-16(15-7-3-4-8-19-15)12-17(23-18)21-13-14-6-5-11-25-14/h3-8,11-12H,9-10,13H2,1-2H3,(H2,20,21,22,23). The molecule has 3 aromatic rings. The second kappa shape index (κ2) is 8.25. The molecule has 0 atom stereocenters. The smallest absolute Gasteiger partial charge is 0.225 e. The number of anilines is 2. The van der Waals surface area contributed by atoms with E-state index < -0.39 is 0 Å². The van der Waals surface area contributed by atoms with Crippen molar-refractivity contribution in [1.82, 2.24) is 19.9 Å². The zero-order valence-electron chi connectivity index (χ0n) is 14.4. The molecule has 3 heterocycles. The Morgan fingerprint density at radius 1 is 1.04 bits per heavy atom. The number of hydrogen-bond acceptors (Lipinski definition) is 7. The minimum atomic E-state index is 0.558. The van der Waals surface area contributed by atoms with Crippen molar-refractivity contribution in [2.75, 3.05) is 37.8 Å². The van der Waals surface area contributed by atoms with Crippen LogP contribution >= 0.6 is 0 Å². The van der Waals surface area contributed by atoms with Gasteiger partial charge >= 0.3 is 0 Å². The topological polar surface area (TPSA) is 79.1 Å². The highest BCUT2D eigenvalue weighted by molar-refractivity contribution is 5.60. The summed E-state index contributed by atoms with van der Waals surface area (Å²) >= 11 is 0. The molecule has 0 bridgehead atoms. The second-order valence-electron chi connectivity index (χ2n) is 5.84. The van der Waals surface area contributed by atoms with E-state index in [1.165, 1.54) is 0 Å². The SMILES string of the molecule is CN(C)CCNc1nc(NCc2ccco2)cc(-c2ccccn2)n1. The minimum absolute atomic E-state index is 0.558. The molecule has 0 spiro atoms. The van der Waals surface area contributed by atoms with E-state index in [9.17, 15) is 0 Å². The fraction of sp³-hybridized carbons (Fsp3) is 0.278. The molecule has 7 nitrogen and oxygen atoms in total. The van der Waals surface area contributed by atoms with E-state index >= 15 is 0 Å². The summed E-state index contributed by atoms with van der Waals surface area (Å²) in [6, 6.07) is 11.4. The number of hydrogen-bond donors (Lipinski definition) is 2. The van der Waals surface area contributed by atoms with E-state index in [2.05, 4.69) is 30.5 Å². The molecule has 0 radical (unpaired) electrons. The van der Waals surface area contributed by atoms with Crippen molar-refractivity contribution in [2.45, 2.75) is 6.54 Å². The summed E-state index contributed by atoms with van der Waals surface area (Å²) < 4.78 is 5.35. The van der Waals surface area contributed by atoms with Crippen LogP contribution in [-0.2, 0) is 6.54 Å².